The van der Waals surface area contributed by atoms with Gasteiger partial charge in [0, 0.05) is 6.92 Å². The molecular weight excluding hydrogens is 278 g/mol. The number of hydrogen-bond donors (Lipinski definition) is 4. The molecule has 20 heavy (non-hydrogen) atoms. The third-order valence-corrected chi connectivity index (χ3v) is 3.08. The van der Waals surface area contributed by atoms with Gasteiger partial charge in [0.05, 0.1) is 15.9 Å². The van der Waals surface area contributed by atoms with E-state index in [1.165, 1.54) is 18.3 Å². The smallest absolute Gasteiger partial charge is 0.223 e. The number of fused-ring (bicyclic) bond motifs is 1. The molecule has 0 aliphatic carbocycles. The molecule has 0 atom stereocenters. The van der Waals surface area contributed by atoms with Crippen LogP contribution in [0.1, 0.15) is 6.92 Å². The minimum atomic E-state index is -0.167. The van der Waals surface area contributed by atoms with Crippen molar-refractivity contribution in [2.45, 2.75) is 6.92 Å². The van der Waals surface area contributed by atoms with Gasteiger partial charge in [-0.05, 0) is 18.2 Å². The second-order valence-corrected chi connectivity index (χ2v) is 4.89. The molecular formula is C11H13N7OS. The number of nitrogens with two attached hydrogens (primary N) is 3. The summed E-state index contributed by atoms with van der Waals surface area (Å²) < 4.78 is 0.868. The first-order chi connectivity index (χ1) is 9.44. The Morgan fingerprint density at radius 2 is 2.10 bits per heavy atom. The van der Waals surface area contributed by atoms with Gasteiger partial charge in [0.15, 0.2) is 11.1 Å². The number of nitrogens with one attached hydrogen (secondary N) is 1. The molecule has 104 valence electrons. The van der Waals surface area contributed by atoms with Crippen LogP contribution >= 0.6 is 11.3 Å². The Hall–Kier alpha value is -2.68. The fourth-order valence-corrected chi connectivity index (χ4v) is 2.42. The number of rotatable bonds is 2. The van der Waals surface area contributed by atoms with Gasteiger partial charge < -0.3 is 22.5 Å². The molecule has 0 aliphatic rings. The van der Waals surface area contributed by atoms with Gasteiger partial charge in [-0.1, -0.05) is 11.3 Å². The van der Waals surface area contributed by atoms with Crippen LogP contribution in [0.4, 0.5) is 10.8 Å². The molecule has 9 heteroatoms. The fourth-order valence-electron chi connectivity index (χ4n) is 1.48. The second kappa shape index (κ2) is 5.53. The molecule has 1 amide bonds. The molecule has 0 fully saturated rings. The third-order valence-electron chi connectivity index (χ3n) is 2.14. The lowest BCUT2D eigenvalue weighted by Crippen LogP contribution is -2.26. The number of carbonyl (C=O) groups excluding carboxylic acids is 1. The van der Waals surface area contributed by atoms with Crippen molar-refractivity contribution in [3.05, 3.63) is 18.2 Å². The van der Waals surface area contributed by atoms with E-state index in [0.29, 0.717) is 10.8 Å². The van der Waals surface area contributed by atoms with Crippen molar-refractivity contribution in [1.82, 2.24) is 4.98 Å². The van der Waals surface area contributed by atoms with Crippen molar-refractivity contribution in [2.75, 3.05) is 5.32 Å². The van der Waals surface area contributed by atoms with Crippen LogP contribution in [0.5, 0.6) is 0 Å². The zero-order valence-electron chi connectivity index (χ0n) is 10.6. The summed E-state index contributed by atoms with van der Waals surface area (Å²) >= 11 is 1.34. The zero-order chi connectivity index (χ0) is 14.7. The van der Waals surface area contributed by atoms with Crippen molar-refractivity contribution in [3.8, 4) is 0 Å². The molecule has 7 N–H and O–H groups in total. The van der Waals surface area contributed by atoms with E-state index in [-0.39, 0.29) is 17.8 Å². The van der Waals surface area contributed by atoms with Crippen LogP contribution in [0.2, 0.25) is 0 Å². The van der Waals surface area contributed by atoms with Crippen molar-refractivity contribution >= 4 is 50.2 Å². The summed E-state index contributed by atoms with van der Waals surface area (Å²) in [6, 6.07) is 5.29. The number of anilines is 1. The van der Waals surface area contributed by atoms with Crippen LogP contribution in [0, 0.1) is 0 Å². The van der Waals surface area contributed by atoms with Crippen LogP contribution < -0.4 is 22.5 Å². The molecule has 0 saturated carbocycles. The number of aromatic nitrogens is 1. The predicted molar refractivity (Wildman–Crippen MR) is 81.0 cm³/mol. The Morgan fingerprint density at radius 1 is 1.35 bits per heavy atom. The molecule has 0 saturated heterocycles. The van der Waals surface area contributed by atoms with Crippen molar-refractivity contribution in [3.63, 3.8) is 0 Å². The predicted octanol–water partition coefficient (Wildman–Crippen LogP) is 0.474. The number of carbonyl (C=O) groups is 1. The van der Waals surface area contributed by atoms with Gasteiger partial charge in [0.1, 0.15) is 0 Å². The first-order valence-corrected chi connectivity index (χ1v) is 6.37. The average molecular weight is 291 g/mol. The van der Waals surface area contributed by atoms with E-state index in [2.05, 4.69) is 20.3 Å². The van der Waals surface area contributed by atoms with Gasteiger partial charge in [-0.25, -0.2) is 9.98 Å². The highest BCUT2D eigenvalue weighted by Gasteiger charge is 2.05. The molecule has 8 nitrogen and oxygen atoms in total. The number of guanidine groups is 2. The number of benzene rings is 1. The summed E-state index contributed by atoms with van der Waals surface area (Å²) in [7, 11) is 0. The lowest BCUT2D eigenvalue weighted by atomic mass is 10.3. The van der Waals surface area contributed by atoms with Crippen LogP contribution in [-0.4, -0.2) is 22.8 Å². The van der Waals surface area contributed by atoms with E-state index in [0.717, 1.165) is 10.2 Å². The number of aliphatic imine (C=N–C) groups is 2. The van der Waals surface area contributed by atoms with E-state index < -0.39 is 0 Å². The first kappa shape index (κ1) is 13.7. The molecule has 2 rings (SSSR count). The van der Waals surface area contributed by atoms with Gasteiger partial charge in [-0.3, -0.25) is 4.79 Å². The number of thiazole rings is 1. The summed E-state index contributed by atoms with van der Waals surface area (Å²) in [4.78, 5) is 22.9. The summed E-state index contributed by atoms with van der Waals surface area (Å²) in [6.07, 6.45) is 0. The highest BCUT2D eigenvalue weighted by atomic mass is 32.1. The summed E-state index contributed by atoms with van der Waals surface area (Å²) in [5.74, 6) is -0.353. The normalized spacial score (nSPS) is 11.3. The molecule has 0 radical (unpaired) electrons. The molecule has 0 bridgehead atoms. The van der Waals surface area contributed by atoms with E-state index in [9.17, 15) is 4.79 Å². The van der Waals surface area contributed by atoms with E-state index in [1.54, 1.807) is 18.2 Å². The maximum absolute atomic E-state index is 11.0. The van der Waals surface area contributed by atoms with Crippen LogP contribution in [-0.2, 0) is 4.79 Å². The van der Waals surface area contributed by atoms with Crippen molar-refractivity contribution in [2.24, 2.45) is 27.2 Å². The molecule has 0 unspecified atom stereocenters. The Balaban J connectivity index is 2.34. The van der Waals surface area contributed by atoms with Crippen LogP contribution in [0.15, 0.2) is 28.2 Å². The summed E-state index contributed by atoms with van der Waals surface area (Å²) in [6.45, 7) is 1.43. The average Bonchev–Trinajstić information content (AvgIpc) is 2.67. The van der Waals surface area contributed by atoms with Gasteiger partial charge >= 0.3 is 0 Å². The van der Waals surface area contributed by atoms with Gasteiger partial charge in [0.25, 0.3) is 0 Å². The van der Waals surface area contributed by atoms with Gasteiger partial charge in [0.2, 0.25) is 11.9 Å². The lowest BCUT2D eigenvalue weighted by Gasteiger charge is -1.95. The molecule has 0 aliphatic heterocycles. The monoisotopic (exact) mass is 291 g/mol. The van der Waals surface area contributed by atoms with E-state index >= 15 is 0 Å². The zero-order valence-corrected chi connectivity index (χ0v) is 11.4. The number of amides is 1. The maximum atomic E-state index is 11.0. The molecule has 2 aromatic rings. The highest BCUT2D eigenvalue weighted by molar-refractivity contribution is 7.22. The van der Waals surface area contributed by atoms with Gasteiger partial charge in [-0.15, -0.1) is 0 Å². The van der Waals surface area contributed by atoms with E-state index in [4.69, 9.17) is 17.2 Å². The minimum Gasteiger partial charge on any atom is -0.370 e. The Bertz CT molecular complexity index is 715. The fraction of sp³-hybridized carbons (Fsp3) is 0.0909. The first-order valence-electron chi connectivity index (χ1n) is 5.56. The lowest BCUT2D eigenvalue weighted by molar-refractivity contribution is -0.114. The number of nitrogens with zero attached hydrogens (tertiary/aromatic N) is 3. The molecule has 0 spiro atoms. The second-order valence-electron chi connectivity index (χ2n) is 3.86. The van der Waals surface area contributed by atoms with Crippen molar-refractivity contribution < 1.29 is 4.79 Å². The van der Waals surface area contributed by atoms with Crippen LogP contribution in [0.3, 0.4) is 0 Å². The minimum absolute atomic E-state index is 0.0315. The highest BCUT2D eigenvalue weighted by Crippen LogP contribution is 2.29. The summed E-state index contributed by atoms with van der Waals surface area (Å²) in [5, 5.41) is 3.17. The van der Waals surface area contributed by atoms with E-state index in [1.807, 2.05) is 0 Å². The maximum Gasteiger partial charge on any atom is 0.223 e. The Kier molecular flexibility index (Phi) is 3.80. The Morgan fingerprint density at radius 3 is 2.75 bits per heavy atom. The quantitative estimate of drug-likeness (QED) is 0.469. The van der Waals surface area contributed by atoms with Crippen LogP contribution in [0.25, 0.3) is 10.2 Å². The summed E-state index contributed by atoms with van der Waals surface area (Å²) in [5.41, 5.74) is 17.3. The van der Waals surface area contributed by atoms with Gasteiger partial charge in [-0.2, -0.15) is 4.99 Å². The Labute approximate surface area is 118 Å². The van der Waals surface area contributed by atoms with Crippen molar-refractivity contribution in [1.29, 1.82) is 0 Å². The standard InChI is InChI=1S/C11H13N7OS/c1-5(19)15-11-17-7-3-2-6(4-8(7)20-11)16-10(14)18-9(12)13/h2-4H,1H3,(H,15,17,19)(H6,12,13,14,16,18). The largest absolute Gasteiger partial charge is 0.370 e. The topological polar surface area (TPSA) is 145 Å². The number of hydrogen-bond acceptors (Lipinski definition) is 4. The SMILES string of the molecule is CC(=O)Nc1nc2ccc(N=C(N)N=C(N)N)cc2s1. The molecule has 1 aromatic carbocycles. The third kappa shape index (κ3) is 3.42. The molecule has 1 aromatic heterocycles. The molecule has 1 heterocycles.